The molecule has 0 atom stereocenters. The minimum atomic E-state index is 0.371. The second-order valence-corrected chi connectivity index (χ2v) is 6.36. The molecule has 4 aromatic rings. The maximum atomic E-state index is 5.81. The Hall–Kier alpha value is -3.59. The van der Waals surface area contributed by atoms with Gasteiger partial charge in [0, 0.05) is 11.1 Å². The van der Waals surface area contributed by atoms with Gasteiger partial charge in [0.25, 0.3) is 0 Å². The number of benzene rings is 4. The van der Waals surface area contributed by atoms with Crippen molar-refractivity contribution in [3.05, 3.63) is 114 Å². The van der Waals surface area contributed by atoms with Crippen LogP contribution in [0.3, 0.4) is 0 Å². The molecule has 0 fully saturated rings. The van der Waals surface area contributed by atoms with Crippen molar-refractivity contribution >= 4 is 16.5 Å². The van der Waals surface area contributed by atoms with Gasteiger partial charge in [0.1, 0.15) is 18.1 Å². The molecule has 0 saturated carbocycles. The molecule has 4 aromatic carbocycles. The van der Waals surface area contributed by atoms with Gasteiger partial charge in [-0.05, 0) is 22.9 Å². The Morgan fingerprint density at radius 2 is 1.21 bits per heavy atom. The first-order valence-corrected chi connectivity index (χ1v) is 9.32. The summed E-state index contributed by atoms with van der Waals surface area (Å²) in [5.41, 5.74) is 2.85. The van der Waals surface area contributed by atoms with Gasteiger partial charge >= 0.3 is 0 Å². The maximum Gasteiger partial charge on any atom is 0.151 e. The van der Waals surface area contributed by atoms with Crippen LogP contribution in [0.5, 0.6) is 5.75 Å². The molecule has 0 aliphatic carbocycles. The van der Waals surface area contributed by atoms with Crippen LogP contribution in [0, 0.1) is 0 Å². The summed E-state index contributed by atoms with van der Waals surface area (Å²) in [5, 5.41) is 6.74. The molecule has 0 spiro atoms. The lowest BCUT2D eigenvalue weighted by atomic mass is 10.0. The van der Waals surface area contributed by atoms with Crippen LogP contribution >= 0.6 is 0 Å². The minimum absolute atomic E-state index is 0.371. The summed E-state index contributed by atoms with van der Waals surface area (Å²) in [6.07, 6.45) is 0. The Balaban J connectivity index is 1.40. The standard InChI is InChI=1S/C25H21NO2/c1-3-10-21(11-4-1)25(22-12-5-2-6-13-22)26-28-18-17-27-24-16-15-20-9-7-8-14-23(20)19-24/h1-16,19H,17-18H2. The molecule has 0 aromatic heterocycles. The molecule has 28 heavy (non-hydrogen) atoms. The molecule has 4 rings (SSSR count). The van der Waals surface area contributed by atoms with Crippen LogP contribution in [0.4, 0.5) is 0 Å². The highest BCUT2D eigenvalue weighted by Crippen LogP contribution is 2.20. The van der Waals surface area contributed by atoms with Gasteiger partial charge in [-0.2, -0.15) is 0 Å². The molecular formula is C25H21NO2. The normalized spacial score (nSPS) is 10.4. The average molecular weight is 367 g/mol. The fourth-order valence-corrected chi connectivity index (χ4v) is 3.03. The monoisotopic (exact) mass is 367 g/mol. The van der Waals surface area contributed by atoms with E-state index in [4.69, 9.17) is 9.57 Å². The number of fused-ring (bicyclic) bond motifs is 1. The molecule has 0 heterocycles. The van der Waals surface area contributed by atoms with Crippen LogP contribution in [0.25, 0.3) is 10.8 Å². The topological polar surface area (TPSA) is 30.8 Å². The second-order valence-electron chi connectivity index (χ2n) is 6.36. The third-order valence-corrected chi connectivity index (χ3v) is 4.41. The maximum absolute atomic E-state index is 5.81. The van der Waals surface area contributed by atoms with Crippen molar-refractivity contribution in [3.63, 3.8) is 0 Å². The van der Waals surface area contributed by atoms with Gasteiger partial charge in [-0.15, -0.1) is 0 Å². The fourth-order valence-electron chi connectivity index (χ4n) is 3.03. The van der Waals surface area contributed by atoms with Crippen LogP contribution in [0.2, 0.25) is 0 Å². The van der Waals surface area contributed by atoms with E-state index in [1.807, 2.05) is 84.9 Å². The number of hydrogen-bond donors (Lipinski definition) is 0. The Bertz CT molecular complexity index is 1020. The van der Waals surface area contributed by atoms with Crippen molar-refractivity contribution in [2.45, 2.75) is 0 Å². The van der Waals surface area contributed by atoms with Gasteiger partial charge in [-0.25, -0.2) is 0 Å². The smallest absolute Gasteiger partial charge is 0.151 e. The number of oxime groups is 1. The van der Waals surface area contributed by atoms with Crippen LogP contribution in [0.1, 0.15) is 11.1 Å². The first-order chi connectivity index (χ1) is 13.9. The summed E-state index contributed by atoms with van der Waals surface area (Å²) in [4.78, 5) is 5.58. The summed E-state index contributed by atoms with van der Waals surface area (Å²) >= 11 is 0. The van der Waals surface area contributed by atoms with Crippen molar-refractivity contribution < 1.29 is 9.57 Å². The van der Waals surface area contributed by atoms with Crippen LogP contribution < -0.4 is 4.74 Å². The third kappa shape index (κ3) is 4.38. The van der Waals surface area contributed by atoms with E-state index in [0.717, 1.165) is 28.0 Å². The summed E-state index contributed by atoms with van der Waals surface area (Å²) in [7, 11) is 0. The minimum Gasteiger partial charge on any atom is -0.490 e. The van der Waals surface area contributed by atoms with Crippen molar-refractivity contribution in [2.24, 2.45) is 5.16 Å². The van der Waals surface area contributed by atoms with E-state index in [0.29, 0.717) is 13.2 Å². The molecule has 0 radical (unpaired) electrons. The Morgan fingerprint density at radius 1 is 0.607 bits per heavy atom. The van der Waals surface area contributed by atoms with Crippen molar-refractivity contribution in [1.29, 1.82) is 0 Å². The van der Waals surface area contributed by atoms with E-state index in [1.165, 1.54) is 5.39 Å². The Morgan fingerprint density at radius 3 is 1.89 bits per heavy atom. The predicted octanol–water partition coefficient (Wildman–Crippen LogP) is 5.69. The summed E-state index contributed by atoms with van der Waals surface area (Å²) in [5.74, 6) is 0.831. The van der Waals surface area contributed by atoms with E-state index in [2.05, 4.69) is 23.4 Å². The number of rotatable bonds is 7. The molecule has 0 aliphatic rings. The van der Waals surface area contributed by atoms with Gasteiger partial charge in [0.2, 0.25) is 0 Å². The quantitative estimate of drug-likeness (QED) is 0.239. The summed E-state index contributed by atoms with van der Waals surface area (Å²) in [6, 6.07) is 34.4. The highest BCUT2D eigenvalue weighted by molar-refractivity contribution is 6.12. The number of nitrogens with zero attached hydrogens (tertiary/aromatic N) is 1. The zero-order valence-electron chi connectivity index (χ0n) is 15.5. The SMILES string of the molecule is c1ccc(C(=NOCCOc2ccc3ccccc3c2)c2ccccc2)cc1. The third-order valence-electron chi connectivity index (χ3n) is 4.41. The zero-order chi connectivity index (χ0) is 19.0. The number of ether oxygens (including phenoxy) is 1. The highest BCUT2D eigenvalue weighted by Gasteiger charge is 2.07. The molecule has 3 nitrogen and oxygen atoms in total. The highest BCUT2D eigenvalue weighted by atomic mass is 16.6. The van der Waals surface area contributed by atoms with E-state index in [-0.39, 0.29) is 0 Å². The van der Waals surface area contributed by atoms with Gasteiger partial charge in [0.05, 0.1) is 0 Å². The molecule has 0 aliphatic heterocycles. The van der Waals surface area contributed by atoms with E-state index < -0.39 is 0 Å². The molecular weight excluding hydrogens is 346 g/mol. The lowest BCUT2D eigenvalue weighted by Gasteiger charge is -2.09. The Kier molecular flexibility index (Phi) is 5.64. The molecule has 0 bridgehead atoms. The average Bonchev–Trinajstić information content (AvgIpc) is 2.77. The molecule has 0 unspecified atom stereocenters. The predicted molar refractivity (Wildman–Crippen MR) is 114 cm³/mol. The van der Waals surface area contributed by atoms with Crippen LogP contribution in [0.15, 0.2) is 108 Å². The molecule has 0 N–H and O–H groups in total. The van der Waals surface area contributed by atoms with Gasteiger partial charge in [-0.1, -0.05) is 96.2 Å². The fraction of sp³-hybridized carbons (Fsp3) is 0.0800. The number of hydrogen-bond acceptors (Lipinski definition) is 3. The van der Waals surface area contributed by atoms with Gasteiger partial charge in [0.15, 0.2) is 6.61 Å². The molecule has 3 heteroatoms. The lowest BCUT2D eigenvalue weighted by Crippen LogP contribution is -2.08. The Labute approximate surface area is 164 Å². The second kappa shape index (κ2) is 8.87. The largest absolute Gasteiger partial charge is 0.490 e. The molecule has 0 amide bonds. The summed E-state index contributed by atoms with van der Waals surface area (Å²) < 4.78 is 5.81. The zero-order valence-corrected chi connectivity index (χ0v) is 15.5. The van der Waals surface area contributed by atoms with Crippen LogP contribution in [-0.4, -0.2) is 18.9 Å². The van der Waals surface area contributed by atoms with E-state index in [1.54, 1.807) is 0 Å². The van der Waals surface area contributed by atoms with E-state index in [9.17, 15) is 0 Å². The van der Waals surface area contributed by atoms with Gasteiger partial charge in [-0.3, -0.25) is 0 Å². The van der Waals surface area contributed by atoms with Crippen molar-refractivity contribution in [1.82, 2.24) is 0 Å². The lowest BCUT2D eigenvalue weighted by molar-refractivity contribution is 0.107. The first kappa shape index (κ1) is 17.8. The van der Waals surface area contributed by atoms with Crippen molar-refractivity contribution in [2.75, 3.05) is 13.2 Å². The van der Waals surface area contributed by atoms with E-state index >= 15 is 0 Å². The molecule has 0 saturated heterocycles. The van der Waals surface area contributed by atoms with Crippen LogP contribution in [-0.2, 0) is 4.84 Å². The van der Waals surface area contributed by atoms with Gasteiger partial charge < -0.3 is 9.57 Å². The summed E-state index contributed by atoms with van der Waals surface area (Å²) in [6.45, 7) is 0.800. The molecule has 138 valence electrons. The van der Waals surface area contributed by atoms with Crippen molar-refractivity contribution in [3.8, 4) is 5.75 Å². The first-order valence-electron chi connectivity index (χ1n) is 9.32.